The van der Waals surface area contributed by atoms with Crippen molar-refractivity contribution in [1.29, 1.82) is 0 Å². The van der Waals surface area contributed by atoms with Gasteiger partial charge in [0.15, 0.2) is 6.29 Å². The molecule has 2 saturated heterocycles. The minimum atomic E-state index is -0.777. The summed E-state index contributed by atoms with van der Waals surface area (Å²) in [4.78, 5) is 25.5. The number of likely N-dealkylation sites (tertiary alicyclic amines) is 1. The Labute approximate surface area is 277 Å². The fourth-order valence-corrected chi connectivity index (χ4v) is 6.61. The first kappa shape index (κ1) is 34.7. The molecule has 0 bridgehead atoms. The van der Waals surface area contributed by atoms with Crippen molar-refractivity contribution in [2.45, 2.75) is 95.5 Å². The maximum atomic E-state index is 12.5. The average Bonchev–Trinajstić information content (AvgIpc) is 3.55. The summed E-state index contributed by atoms with van der Waals surface area (Å²) in [6, 6.07) is 24.3. The molecular weight excluding hydrogens is 596 g/mol. The molecule has 5 rings (SSSR count). The van der Waals surface area contributed by atoms with E-state index in [2.05, 4.69) is 28.4 Å². The van der Waals surface area contributed by atoms with E-state index in [1.807, 2.05) is 54.6 Å². The fourth-order valence-electron chi connectivity index (χ4n) is 6.61. The number of carbonyl (C=O) groups excluding carboxylic acids is 1. The molecule has 0 radical (unpaired) electrons. The lowest BCUT2D eigenvalue weighted by Gasteiger charge is -2.38. The number of nitrogens with one attached hydrogen (secondary N) is 1. The fraction of sp³-hybridized carbons (Fsp3) is 0.474. The number of aliphatic hydroxyl groups is 2. The van der Waals surface area contributed by atoms with Crippen LogP contribution in [0.25, 0.3) is 11.1 Å². The molecule has 9 heteroatoms. The summed E-state index contributed by atoms with van der Waals surface area (Å²) in [5.41, 5.74) is 5.93. The molecule has 47 heavy (non-hydrogen) atoms. The van der Waals surface area contributed by atoms with E-state index in [0.29, 0.717) is 25.8 Å². The van der Waals surface area contributed by atoms with Crippen molar-refractivity contribution in [3.05, 3.63) is 95.1 Å². The number of carboxylic acid groups (broad SMARTS) is 1. The third kappa shape index (κ3) is 9.95. The first-order valence-electron chi connectivity index (χ1n) is 17.0. The van der Waals surface area contributed by atoms with Crippen molar-refractivity contribution in [1.82, 2.24) is 10.2 Å². The lowest BCUT2D eigenvalue weighted by atomic mass is 9.97. The van der Waals surface area contributed by atoms with E-state index in [9.17, 15) is 19.8 Å². The summed E-state index contributed by atoms with van der Waals surface area (Å²) in [5, 5.41) is 31.2. The summed E-state index contributed by atoms with van der Waals surface area (Å²) >= 11 is 0. The molecule has 0 saturated carbocycles. The molecule has 3 aromatic rings. The minimum Gasteiger partial charge on any atom is -0.481 e. The molecule has 3 aromatic carbocycles. The van der Waals surface area contributed by atoms with Crippen molar-refractivity contribution in [2.75, 3.05) is 19.7 Å². The molecule has 252 valence electrons. The SMILES string of the molecule is O=C(O)CCCCCCC(=O)NCc1ccccc1-c1ccc([C@H]2O[C@@H](CN3CCC[C@H]3CO)C[C@@H](c3ccc(CO)cc3)O2)cc1. The van der Waals surface area contributed by atoms with E-state index in [4.69, 9.17) is 14.6 Å². The summed E-state index contributed by atoms with van der Waals surface area (Å²) in [7, 11) is 0. The Kier molecular flexibility index (Phi) is 12.9. The van der Waals surface area contributed by atoms with Gasteiger partial charge in [0.1, 0.15) is 0 Å². The van der Waals surface area contributed by atoms with Crippen molar-refractivity contribution in [3.8, 4) is 11.1 Å². The van der Waals surface area contributed by atoms with Crippen LogP contribution >= 0.6 is 0 Å². The minimum absolute atomic E-state index is 0.00288. The molecule has 0 aromatic heterocycles. The van der Waals surface area contributed by atoms with Gasteiger partial charge in [0, 0.05) is 44.0 Å². The largest absolute Gasteiger partial charge is 0.481 e. The van der Waals surface area contributed by atoms with E-state index >= 15 is 0 Å². The predicted octanol–water partition coefficient (Wildman–Crippen LogP) is 5.89. The van der Waals surface area contributed by atoms with Gasteiger partial charge in [-0.1, -0.05) is 85.6 Å². The van der Waals surface area contributed by atoms with Gasteiger partial charge in [0.25, 0.3) is 0 Å². The van der Waals surface area contributed by atoms with E-state index in [1.165, 1.54) is 0 Å². The molecule has 2 heterocycles. The van der Waals surface area contributed by atoms with Crippen molar-refractivity contribution in [2.24, 2.45) is 0 Å². The van der Waals surface area contributed by atoms with Gasteiger partial charge in [-0.25, -0.2) is 0 Å². The first-order valence-corrected chi connectivity index (χ1v) is 17.0. The van der Waals surface area contributed by atoms with E-state index in [-0.39, 0.29) is 43.8 Å². The molecule has 1 amide bonds. The highest BCUT2D eigenvalue weighted by molar-refractivity contribution is 5.76. The number of aliphatic carboxylic acids is 1. The second kappa shape index (κ2) is 17.5. The number of rotatable bonds is 16. The van der Waals surface area contributed by atoms with Crippen LogP contribution in [0.5, 0.6) is 0 Å². The highest BCUT2D eigenvalue weighted by Gasteiger charge is 2.35. The number of benzene rings is 3. The molecule has 4 atom stereocenters. The Morgan fingerprint density at radius 3 is 2.30 bits per heavy atom. The van der Waals surface area contributed by atoms with Crippen LogP contribution < -0.4 is 5.32 Å². The highest BCUT2D eigenvalue weighted by atomic mass is 16.7. The van der Waals surface area contributed by atoms with Gasteiger partial charge in [-0.3, -0.25) is 14.5 Å². The Morgan fingerprint density at radius 2 is 1.57 bits per heavy atom. The highest BCUT2D eigenvalue weighted by Crippen LogP contribution is 2.39. The number of unbranched alkanes of at least 4 members (excludes halogenated alkanes) is 3. The van der Waals surface area contributed by atoms with Gasteiger partial charge in [-0.05, 0) is 60.0 Å². The molecule has 9 nitrogen and oxygen atoms in total. The van der Waals surface area contributed by atoms with Crippen molar-refractivity contribution < 1.29 is 34.4 Å². The Bertz CT molecular complexity index is 1430. The van der Waals surface area contributed by atoms with Crippen LogP contribution in [0.15, 0.2) is 72.8 Å². The zero-order valence-corrected chi connectivity index (χ0v) is 27.1. The third-order valence-corrected chi connectivity index (χ3v) is 9.29. The van der Waals surface area contributed by atoms with Crippen LogP contribution in [0.4, 0.5) is 0 Å². The quantitative estimate of drug-likeness (QED) is 0.142. The molecule has 4 N–H and O–H groups in total. The summed E-state index contributed by atoms with van der Waals surface area (Å²) in [6.07, 6.45) is 5.63. The van der Waals surface area contributed by atoms with E-state index < -0.39 is 12.3 Å². The summed E-state index contributed by atoms with van der Waals surface area (Å²) in [5.74, 6) is -0.782. The second-order valence-corrected chi connectivity index (χ2v) is 12.7. The summed E-state index contributed by atoms with van der Waals surface area (Å²) in [6.45, 7) is 2.26. The average molecular weight is 645 g/mol. The van der Waals surface area contributed by atoms with Crippen LogP contribution in [0.3, 0.4) is 0 Å². The molecule has 0 unspecified atom stereocenters. The standard InChI is InChI=1S/C38H48N2O7/c41-25-27-13-15-29(16-14-27)35-22-33(24-40-21-7-9-32(40)26-42)46-38(47-35)30-19-17-28(18-20-30)34-10-6-5-8-31(34)23-39-36(43)11-3-1-2-4-12-37(44)45/h5-6,8,10,13-20,32-33,35,38,41-42H,1-4,7,9,11-12,21-26H2,(H,39,43)(H,44,45)/t32-,33+,35-,38-/m0/s1. The van der Waals surface area contributed by atoms with Gasteiger partial charge < -0.3 is 30.1 Å². The van der Waals surface area contributed by atoms with Crippen LogP contribution in [0.2, 0.25) is 0 Å². The molecule has 2 fully saturated rings. The monoisotopic (exact) mass is 644 g/mol. The number of carboxylic acids is 1. The number of amides is 1. The smallest absolute Gasteiger partial charge is 0.303 e. The van der Waals surface area contributed by atoms with Gasteiger partial charge >= 0.3 is 5.97 Å². The number of carbonyl (C=O) groups is 2. The van der Waals surface area contributed by atoms with Crippen LogP contribution in [-0.4, -0.2) is 63.9 Å². The number of aliphatic hydroxyl groups excluding tert-OH is 2. The summed E-state index contributed by atoms with van der Waals surface area (Å²) < 4.78 is 13.1. The van der Waals surface area contributed by atoms with Crippen LogP contribution in [-0.2, 0) is 32.2 Å². The van der Waals surface area contributed by atoms with Gasteiger partial charge in [0.2, 0.25) is 5.91 Å². The molecule has 2 aliphatic heterocycles. The topological polar surface area (TPSA) is 129 Å². The molecular formula is C38H48N2O7. The second-order valence-electron chi connectivity index (χ2n) is 12.7. The third-order valence-electron chi connectivity index (χ3n) is 9.29. The maximum absolute atomic E-state index is 12.5. The van der Waals surface area contributed by atoms with Crippen LogP contribution in [0.1, 0.15) is 92.4 Å². The Balaban J connectivity index is 1.23. The lowest BCUT2D eigenvalue weighted by Crippen LogP contribution is -2.42. The maximum Gasteiger partial charge on any atom is 0.303 e. The number of ether oxygens (including phenoxy) is 2. The zero-order valence-electron chi connectivity index (χ0n) is 27.1. The van der Waals surface area contributed by atoms with Crippen LogP contribution in [0, 0.1) is 0 Å². The molecule has 0 aliphatic carbocycles. The first-order chi connectivity index (χ1) is 22.9. The van der Waals surface area contributed by atoms with Gasteiger partial charge in [-0.2, -0.15) is 0 Å². The van der Waals surface area contributed by atoms with E-state index in [0.717, 1.165) is 78.6 Å². The Morgan fingerprint density at radius 1 is 0.851 bits per heavy atom. The zero-order chi connectivity index (χ0) is 33.0. The van der Waals surface area contributed by atoms with Crippen molar-refractivity contribution in [3.63, 3.8) is 0 Å². The number of hydrogen-bond donors (Lipinski definition) is 4. The normalized spacial score (nSPS) is 21.5. The Hall–Kier alpha value is -3.60. The predicted molar refractivity (Wildman–Crippen MR) is 179 cm³/mol. The number of hydrogen-bond acceptors (Lipinski definition) is 7. The number of nitrogens with zero attached hydrogens (tertiary/aromatic N) is 1. The molecule has 2 aliphatic rings. The van der Waals surface area contributed by atoms with Gasteiger partial charge in [-0.15, -0.1) is 0 Å². The van der Waals surface area contributed by atoms with Gasteiger partial charge in [0.05, 0.1) is 25.4 Å². The molecule has 0 spiro atoms. The van der Waals surface area contributed by atoms with Crippen molar-refractivity contribution >= 4 is 11.9 Å². The van der Waals surface area contributed by atoms with E-state index in [1.54, 1.807) is 0 Å². The lowest BCUT2D eigenvalue weighted by molar-refractivity contribution is -0.253.